The third kappa shape index (κ3) is 1.28. The molecule has 0 aromatic carbocycles. The fourth-order valence-corrected chi connectivity index (χ4v) is 2.79. The van der Waals surface area contributed by atoms with Crippen molar-refractivity contribution in [3.63, 3.8) is 0 Å². The van der Waals surface area contributed by atoms with E-state index < -0.39 is 0 Å². The van der Waals surface area contributed by atoms with Crippen molar-refractivity contribution in [3.05, 3.63) is 0 Å². The molecule has 2 bridgehead atoms. The summed E-state index contributed by atoms with van der Waals surface area (Å²) in [6.45, 7) is 0.778. The van der Waals surface area contributed by atoms with Crippen LogP contribution in [0.25, 0.3) is 0 Å². The minimum atomic E-state index is 0.381. The average Bonchev–Trinajstić information content (AvgIpc) is 2.04. The molecule has 0 aliphatic heterocycles. The van der Waals surface area contributed by atoms with Crippen LogP contribution >= 0.6 is 0 Å². The quantitative estimate of drug-likeness (QED) is 0.640. The van der Waals surface area contributed by atoms with Gasteiger partial charge in [0, 0.05) is 11.8 Å². The highest BCUT2D eigenvalue weighted by Gasteiger charge is 2.37. The Bertz CT molecular complexity index is 174. The molecule has 0 saturated heterocycles. The van der Waals surface area contributed by atoms with Crippen molar-refractivity contribution >= 4 is 5.78 Å². The summed E-state index contributed by atoms with van der Waals surface area (Å²) < 4.78 is 0. The lowest BCUT2D eigenvalue weighted by Crippen LogP contribution is -2.38. The molecule has 2 N–H and O–H groups in total. The predicted molar refractivity (Wildman–Crippen MR) is 47.6 cm³/mol. The summed E-state index contributed by atoms with van der Waals surface area (Å²) in [7, 11) is 0. The van der Waals surface area contributed by atoms with E-state index in [9.17, 15) is 4.79 Å². The van der Waals surface area contributed by atoms with Crippen LogP contribution in [0.1, 0.15) is 32.1 Å². The zero-order valence-corrected chi connectivity index (χ0v) is 7.46. The molecule has 3 atom stereocenters. The maximum atomic E-state index is 11.6. The molecular formula is C10H17NO. The number of Topliss-reactive ketones (excluding diaryl/α,β-unsaturated/α-hetero) is 1. The second kappa shape index (κ2) is 3.17. The topological polar surface area (TPSA) is 43.1 Å². The standard InChI is InChI=1S/C10H17NO/c11-6-7-4-8-2-1-3-9(5-7)10(8)12/h7-9H,1-6,11H2/t7?,8-,9+. The summed E-state index contributed by atoms with van der Waals surface area (Å²) in [5.74, 6) is 1.95. The van der Waals surface area contributed by atoms with Crippen LogP contribution in [0.5, 0.6) is 0 Å². The summed E-state index contributed by atoms with van der Waals surface area (Å²) >= 11 is 0. The SMILES string of the molecule is NCC1C[C@H]2CCC[C@@H](C1)C2=O. The Morgan fingerprint density at radius 2 is 1.83 bits per heavy atom. The van der Waals surface area contributed by atoms with Crippen LogP contribution in [-0.2, 0) is 4.79 Å². The molecular weight excluding hydrogens is 150 g/mol. The summed E-state index contributed by atoms with van der Waals surface area (Å²) in [5.41, 5.74) is 5.64. The van der Waals surface area contributed by atoms with Crippen molar-refractivity contribution in [2.75, 3.05) is 6.54 Å². The fraction of sp³-hybridized carbons (Fsp3) is 0.900. The van der Waals surface area contributed by atoms with E-state index in [0.29, 0.717) is 23.5 Å². The Hall–Kier alpha value is -0.370. The molecule has 0 heterocycles. The molecule has 0 amide bonds. The smallest absolute Gasteiger partial charge is 0.139 e. The maximum Gasteiger partial charge on any atom is 0.139 e. The predicted octanol–water partition coefficient (Wildman–Crippen LogP) is 1.34. The van der Waals surface area contributed by atoms with Gasteiger partial charge < -0.3 is 5.73 Å². The summed E-state index contributed by atoms with van der Waals surface area (Å²) in [4.78, 5) is 11.6. The van der Waals surface area contributed by atoms with E-state index in [1.807, 2.05) is 0 Å². The van der Waals surface area contributed by atoms with Crippen molar-refractivity contribution in [1.82, 2.24) is 0 Å². The van der Waals surface area contributed by atoms with Gasteiger partial charge in [-0.2, -0.15) is 0 Å². The van der Waals surface area contributed by atoms with Gasteiger partial charge in [0.15, 0.2) is 0 Å². The van der Waals surface area contributed by atoms with Crippen LogP contribution in [0.4, 0.5) is 0 Å². The van der Waals surface area contributed by atoms with Crippen molar-refractivity contribution in [2.45, 2.75) is 32.1 Å². The number of nitrogens with two attached hydrogens (primary N) is 1. The number of fused-ring (bicyclic) bond motifs is 2. The first-order chi connectivity index (χ1) is 5.81. The van der Waals surface area contributed by atoms with Gasteiger partial charge in [-0.25, -0.2) is 0 Å². The van der Waals surface area contributed by atoms with Crippen LogP contribution in [0.3, 0.4) is 0 Å². The van der Waals surface area contributed by atoms with E-state index in [1.54, 1.807) is 0 Å². The number of ketones is 1. The lowest BCUT2D eigenvalue weighted by Gasteiger charge is -2.37. The van der Waals surface area contributed by atoms with E-state index in [4.69, 9.17) is 5.73 Å². The average molecular weight is 167 g/mol. The first-order valence-electron chi connectivity index (χ1n) is 5.05. The van der Waals surface area contributed by atoms with E-state index in [0.717, 1.165) is 32.2 Å². The van der Waals surface area contributed by atoms with Crippen LogP contribution in [0, 0.1) is 17.8 Å². The molecule has 0 aromatic heterocycles. The first-order valence-corrected chi connectivity index (χ1v) is 5.05. The minimum absolute atomic E-state index is 0.381. The molecule has 2 aliphatic rings. The Kier molecular flexibility index (Phi) is 2.18. The van der Waals surface area contributed by atoms with Crippen molar-refractivity contribution in [3.8, 4) is 0 Å². The second-order valence-corrected chi connectivity index (χ2v) is 4.30. The molecule has 2 rings (SSSR count). The number of carbonyl (C=O) groups excluding carboxylic acids is 1. The van der Waals surface area contributed by atoms with Crippen molar-refractivity contribution < 1.29 is 4.79 Å². The first kappa shape index (κ1) is 8.24. The highest BCUT2D eigenvalue weighted by Crippen LogP contribution is 2.39. The monoisotopic (exact) mass is 167 g/mol. The summed E-state index contributed by atoms with van der Waals surface area (Å²) in [5, 5.41) is 0. The van der Waals surface area contributed by atoms with Gasteiger partial charge in [-0.15, -0.1) is 0 Å². The van der Waals surface area contributed by atoms with Gasteiger partial charge in [-0.05, 0) is 38.1 Å². The van der Waals surface area contributed by atoms with Crippen LogP contribution < -0.4 is 5.73 Å². The molecule has 2 heteroatoms. The van der Waals surface area contributed by atoms with Crippen LogP contribution in [0.15, 0.2) is 0 Å². The number of carbonyl (C=O) groups is 1. The molecule has 0 spiro atoms. The molecule has 0 radical (unpaired) electrons. The van der Waals surface area contributed by atoms with Crippen molar-refractivity contribution in [1.29, 1.82) is 0 Å². The second-order valence-electron chi connectivity index (χ2n) is 4.30. The van der Waals surface area contributed by atoms with Crippen molar-refractivity contribution in [2.24, 2.45) is 23.5 Å². The molecule has 2 aliphatic carbocycles. The maximum absolute atomic E-state index is 11.6. The lowest BCUT2D eigenvalue weighted by molar-refractivity contribution is -0.133. The molecule has 2 saturated carbocycles. The molecule has 2 nitrogen and oxygen atoms in total. The van der Waals surface area contributed by atoms with Gasteiger partial charge >= 0.3 is 0 Å². The number of hydrogen-bond donors (Lipinski definition) is 1. The van der Waals surface area contributed by atoms with E-state index in [-0.39, 0.29) is 0 Å². The molecule has 1 unspecified atom stereocenters. The largest absolute Gasteiger partial charge is 0.330 e. The third-order valence-electron chi connectivity index (χ3n) is 3.48. The van der Waals surface area contributed by atoms with Gasteiger partial charge in [0.1, 0.15) is 5.78 Å². The highest BCUT2D eigenvalue weighted by atomic mass is 16.1. The fourth-order valence-electron chi connectivity index (χ4n) is 2.79. The lowest BCUT2D eigenvalue weighted by atomic mass is 9.67. The van der Waals surface area contributed by atoms with Gasteiger partial charge in [-0.3, -0.25) is 4.79 Å². The van der Waals surface area contributed by atoms with Gasteiger partial charge in [-0.1, -0.05) is 6.42 Å². The van der Waals surface area contributed by atoms with Crippen LogP contribution in [-0.4, -0.2) is 12.3 Å². The molecule has 0 aromatic rings. The Morgan fingerprint density at radius 3 is 2.33 bits per heavy atom. The molecule has 2 fully saturated rings. The zero-order valence-electron chi connectivity index (χ0n) is 7.46. The van der Waals surface area contributed by atoms with E-state index in [1.165, 1.54) is 6.42 Å². The Morgan fingerprint density at radius 1 is 1.25 bits per heavy atom. The van der Waals surface area contributed by atoms with E-state index >= 15 is 0 Å². The zero-order chi connectivity index (χ0) is 8.55. The normalized spacial score (nSPS) is 41.4. The van der Waals surface area contributed by atoms with Gasteiger partial charge in [0.2, 0.25) is 0 Å². The summed E-state index contributed by atoms with van der Waals surface area (Å²) in [6.07, 6.45) is 5.67. The highest BCUT2D eigenvalue weighted by molar-refractivity contribution is 5.84. The number of hydrogen-bond acceptors (Lipinski definition) is 2. The third-order valence-corrected chi connectivity index (χ3v) is 3.48. The Labute approximate surface area is 73.5 Å². The molecule has 68 valence electrons. The number of rotatable bonds is 1. The molecule has 12 heavy (non-hydrogen) atoms. The summed E-state index contributed by atoms with van der Waals surface area (Å²) in [6, 6.07) is 0. The van der Waals surface area contributed by atoms with Gasteiger partial charge in [0.05, 0.1) is 0 Å². The van der Waals surface area contributed by atoms with Crippen LogP contribution in [0.2, 0.25) is 0 Å². The minimum Gasteiger partial charge on any atom is -0.330 e. The van der Waals surface area contributed by atoms with E-state index in [2.05, 4.69) is 0 Å². The van der Waals surface area contributed by atoms with Gasteiger partial charge in [0.25, 0.3) is 0 Å². The Balaban J connectivity index is 2.07.